The first-order chi connectivity index (χ1) is 7.86. The number of Topliss-reactive ketones (excluding diaryl/α,β-unsaturated/α-hetero) is 1. The largest absolute Gasteiger partial charge is 0.450 e. The predicted molar refractivity (Wildman–Crippen MR) is 53.4 cm³/mol. The van der Waals surface area contributed by atoms with Gasteiger partial charge in [-0.05, 0) is 19.1 Å². The van der Waals surface area contributed by atoms with E-state index < -0.39 is 18.4 Å². The molecule has 90 valence electrons. The predicted octanol–water partition coefficient (Wildman–Crippen LogP) is 1.94. The average Bonchev–Trinajstić information content (AvgIpc) is 2.57. The zero-order valence-corrected chi connectivity index (χ0v) is 8.80. The number of hydrogen-bond donors (Lipinski definition) is 1. The number of halogens is 3. The average molecular weight is 243 g/mol. The highest BCUT2D eigenvalue weighted by atomic mass is 19.4. The van der Waals surface area contributed by atoms with Crippen molar-refractivity contribution in [2.45, 2.75) is 19.5 Å². The van der Waals surface area contributed by atoms with E-state index in [4.69, 9.17) is 0 Å². The summed E-state index contributed by atoms with van der Waals surface area (Å²) in [7, 11) is 0. The van der Waals surface area contributed by atoms with Crippen molar-refractivity contribution in [3.63, 3.8) is 0 Å². The first-order valence-corrected chi connectivity index (χ1v) is 4.78. The molecule has 0 atom stereocenters. The number of H-pyrrole nitrogens is 1. The molecule has 0 radical (unpaired) electrons. The molecule has 0 bridgehead atoms. The number of carbonyl (C=O) groups is 1. The summed E-state index contributed by atoms with van der Waals surface area (Å²) >= 11 is 0. The minimum atomic E-state index is -4.83. The number of rotatable bonds is 2. The molecule has 7 heteroatoms. The first kappa shape index (κ1) is 11.6. The van der Waals surface area contributed by atoms with Gasteiger partial charge in [0.25, 0.3) is 0 Å². The molecule has 2 heterocycles. The number of imidazole rings is 1. The van der Waals surface area contributed by atoms with Crippen molar-refractivity contribution in [3.05, 3.63) is 23.7 Å². The van der Waals surface area contributed by atoms with Crippen molar-refractivity contribution in [2.24, 2.45) is 0 Å². The number of ketones is 1. The molecule has 0 saturated heterocycles. The van der Waals surface area contributed by atoms with E-state index in [9.17, 15) is 18.0 Å². The number of alkyl halides is 3. The van der Waals surface area contributed by atoms with Crippen molar-refractivity contribution < 1.29 is 18.0 Å². The molecule has 2 aromatic heterocycles. The van der Waals surface area contributed by atoms with E-state index in [2.05, 4.69) is 15.0 Å². The summed E-state index contributed by atoms with van der Waals surface area (Å²) in [6.07, 6.45) is -5.62. The van der Waals surface area contributed by atoms with Gasteiger partial charge in [0.1, 0.15) is 5.82 Å². The van der Waals surface area contributed by atoms with Crippen LogP contribution in [0.1, 0.15) is 11.5 Å². The van der Waals surface area contributed by atoms with Crippen LogP contribution < -0.4 is 0 Å². The van der Waals surface area contributed by atoms with Crippen LogP contribution in [0.3, 0.4) is 0 Å². The molecule has 0 amide bonds. The Hall–Kier alpha value is -1.92. The summed E-state index contributed by atoms with van der Waals surface area (Å²) in [6, 6.07) is 3.36. The summed E-state index contributed by atoms with van der Waals surface area (Å²) in [4.78, 5) is 21.3. The minimum absolute atomic E-state index is 0.0274. The fourth-order valence-electron chi connectivity index (χ4n) is 1.37. The van der Waals surface area contributed by atoms with E-state index in [1.165, 1.54) is 0 Å². The number of fused-ring (bicyclic) bond motifs is 1. The van der Waals surface area contributed by atoms with Crippen LogP contribution in [0.2, 0.25) is 0 Å². The molecule has 2 aromatic rings. The fraction of sp³-hybridized carbons (Fsp3) is 0.300. The molecule has 0 aliphatic heterocycles. The summed E-state index contributed by atoms with van der Waals surface area (Å²) < 4.78 is 36.1. The third-order valence-electron chi connectivity index (χ3n) is 2.18. The number of aryl methyl sites for hydroxylation is 1. The lowest BCUT2D eigenvalue weighted by molar-refractivity contribution is -0.170. The molecule has 0 aromatic carbocycles. The molecular formula is C10H8F3N3O. The second-order valence-corrected chi connectivity index (χ2v) is 3.61. The van der Waals surface area contributed by atoms with Gasteiger partial charge in [-0.1, -0.05) is 0 Å². The summed E-state index contributed by atoms with van der Waals surface area (Å²) in [6.45, 7) is 1.74. The third kappa shape index (κ3) is 2.43. The number of nitrogens with zero attached hydrogens (tertiary/aromatic N) is 2. The number of nitrogens with one attached hydrogen (secondary N) is 1. The van der Waals surface area contributed by atoms with Crippen molar-refractivity contribution in [3.8, 4) is 0 Å². The lowest BCUT2D eigenvalue weighted by atomic mass is 10.3. The van der Waals surface area contributed by atoms with Gasteiger partial charge < -0.3 is 4.98 Å². The van der Waals surface area contributed by atoms with Crippen LogP contribution in [0.5, 0.6) is 0 Å². The first-order valence-electron chi connectivity index (χ1n) is 4.78. The molecule has 0 spiro atoms. The maximum atomic E-state index is 12.0. The lowest BCUT2D eigenvalue weighted by Crippen LogP contribution is -2.24. The Bertz CT molecular complexity index is 574. The van der Waals surface area contributed by atoms with Gasteiger partial charge in [-0.2, -0.15) is 13.2 Å². The van der Waals surface area contributed by atoms with Gasteiger partial charge in [-0.3, -0.25) is 4.79 Å². The highest BCUT2D eigenvalue weighted by molar-refractivity contribution is 5.86. The van der Waals surface area contributed by atoms with E-state index in [0.717, 1.165) is 0 Å². The van der Waals surface area contributed by atoms with Crippen LogP contribution in [-0.2, 0) is 11.2 Å². The molecule has 0 fully saturated rings. The number of carbonyl (C=O) groups excluding carboxylic acids is 1. The second-order valence-electron chi connectivity index (χ2n) is 3.61. The third-order valence-corrected chi connectivity index (χ3v) is 2.18. The van der Waals surface area contributed by atoms with Crippen molar-refractivity contribution in [1.82, 2.24) is 15.0 Å². The Morgan fingerprint density at radius 3 is 2.71 bits per heavy atom. The summed E-state index contributed by atoms with van der Waals surface area (Å²) in [5, 5.41) is 0. The molecule has 0 saturated carbocycles. The van der Waals surface area contributed by atoms with Crippen LogP contribution in [0.25, 0.3) is 11.2 Å². The molecule has 2 rings (SSSR count). The summed E-state index contributed by atoms with van der Waals surface area (Å²) in [5.74, 6) is -1.85. The van der Waals surface area contributed by atoms with Crippen molar-refractivity contribution in [2.75, 3.05) is 0 Å². The van der Waals surface area contributed by atoms with Gasteiger partial charge >= 0.3 is 6.18 Å². The highest BCUT2D eigenvalue weighted by Gasteiger charge is 2.38. The maximum absolute atomic E-state index is 12.0. The molecule has 17 heavy (non-hydrogen) atoms. The quantitative estimate of drug-likeness (QED) is 0.876. The van der Waals surface area contributed by atoms with Crippen LogP contribution in [0.4, 0.5) is 13.2 Å². The van der Waals surface area contributed by atoms with Crippen molar-refractivity contribution >= 4 is 16.9 Å². The van der Waals surface area contributed by atoms with Crippen LogP contribution in [0, 0.1) is 6.92 Å². The Kier molecular flexibility index (Phi) is 2.60. The highest BCUT2D eigenvalue weighted by Crippen LogP contribution is 2.19. The number of aromatic nitrogens is 3. The number of pyridine rings is 1. The van der Waals surface area contributed by atoms with Crippen LogP contribution in [-0.4, -0.2) is 26.9 Å². The zero-order valence-electron chi connectivity index (χ0n) is 8.80. The standard InChI is InChI=1S/C10H8F3N3O/c1-5-2-3-6-9(14-5)16-8(15-6)4-7(17)10(11,12)13/h2-3H,4H2,1H3,(H,14,15,16). The van der Waals surface area contributed by atoms with Gasteiger partial charge in [-0.25, -0.2) is 9.97 Å². The smallest absolute Gasteiger partial charge is 0.340 e. The molecular weight excluding hydrogens is 235 g/mol. The van der Waals surface area contributed by atoms with Crippen LogP contribution >= 0.6 is 0 Å². The van der Waals surface area contributed by atoms with E-state index in [0.29, 0.717) is 16.9 Å². The van der Waals surface area contributed by atoms with Crippen LogP contribution in [0.15, 0.2) is 12.1 Å². The van der Waals surface area contributed by atoms with Gasteiger partial charge in [0.2, 0.25) is 5.78 Å². The van der Waals surface area contributed by atoms with Gasteiger partial charge in [0.15, 0.2) is 5.65 Å². The number of aromatic amines is 1. The van der Waals surface area contributed by atoms with E-state index in [1.54, 1.807) is 19.1 Å². The molecule has 0 aliphatic carbocycles. The van der Waals surface area contributed by atoms with E-state index in [1.807, 2.05) is 0 Å². The Morgan fingerprint density at radius 1 is 1.35 bits per heavy atom. The zero-order chi connectivity index (χ0) is 12.6. The Morgan fingerprint density at radius 2 is 2.06 bits per heavy atom. The SMILES string of the molecule is Cc1ccc2[nH]c(CC(=O)C(F)(F)F)nc2n1. The summed E-state index contributed by atoms with van der Waals surface area (Å²) in [5.41, 5.74) is 1.54. The monoisotopic (exact) mass is 243 g/mol. The van der Waals surface area contributed by atoms with Gasteiger partial charge in [-0.15, -0.1) is 0 Å². The Labute approximate surface area is 93.9 Å². The lowest BCUT2D eigenvalue weighted by Gasteiger charge is -2.01. The minimum Gasteiger partial charge on any atom is -0.340 e. The second kappa shape index (κ2) is 3.83. The molecule has 4 nitrogen and oxygen atoms in total. The van der Waals surface area contributed by atoms with Gasteiger partial charge in [0, 0.05) is 5.69 Å². The number of hydrogen-bond acceptors (Lipinski definition) is 3. The fourth-order valence-corrected chi connectivity index (χ4v) is 1.37. The van der Waals surface area contributed by atoms with Gasteiger partial charge in [0.05, 0.1) is 11.9 Å². The Balaban J connectivity index is 2.29. The molecule has 0 unspecified atom stereocenters. The topological polar surface area (TPSA) is 58.6 Å². The van der Waals surface area contributed by atoms with Crippen molar-refractivity contribution in [1.29, 1.82) is 0 Å². The normalized spacial score (nSPS) is 12.0. The molecule has 0 aliphatic rings. The maximum Gasteiger partial charge on any atom is 0.450 e. The molecule has 1 N–H and O–H groups in total. The van der Waals surface area contributed by atoms with E-state index in [-0.39, 0.29) is 5.82 Å². The van der Waals surface area contributed by atoms with E-state index >= 15 is 0 Å².